The lowest BCUT2D eigenvalue weighted by molar-refractivity contribution is 0.207. The van der Waals surface area contributed by atoms with Gasteiger partial charge in [-0.05, 0) is 30.2 Å². The molecule has 0 radical (unpaired) electrons. The second-order valence-corrected chi connectivity index (χ2v) is 7.51. The van der Waals surface area contributed by atoms with Gasteiger partial charge in [-0.1, -0.05) is 34.5 Å². The van der Waals surface area contributed by atoms with Crippen LogP contribution in [0.25, 0.3) is 0 Å². The lowest BCUT2D eigenvalue weighted by Crippen LogP contribution is -2.42. The lowest BCUT2D eigenvalue weighted by atomic mass is 10.0. The first kappa shape index (κ1) is 15.6. The first-order chi connectivity index (χ1) is 9.15. The molecular formula is C14H20BrClN2S. The van der Waals surface area contributed by atoms with E-state index < -0.39 is 0 Å². The van der Waals surface area contributed by atoms with Crippen molar-refractivity contribution in [1.29, 1.82) is 0 Å². The van der Waals surface area contributed by atoms with Crippen LogP contribution in [0.1, 0.15) is 24.9 Å². The Morgan fingerprint density at radius 2 is 2.37 bits per heavy atom. The van der Waals surface area contributed by atoms with Crippen LogP contribution in [0.5, 0.6) is 0 Å². The van der Waals surface area contributed by atoms with Gasteiger partial charge < -0.3 is 5.73 Å². The standard InChI is InChI=1S/C14H20BrClN2S/c1-2-11-9-18(5-6-19-11)14(8-17)12-7-10(16)3-4-13(12)15/h3-4,7,11,14H,2,5-6,8-9,17H2,1H3. The number of benzene rings is 1. The van der Waals surface area contributed by atoms with E-state index in [9.17, 15) is 0 Å². The summed E-state index contributed by atoms with van der Waals surface area (Å²) in [5, 5.41) is 1.50. The second-order valence-electron chi connectivity index (χ2n) is 4.81. The summed E-state index contributed by atoms with van der Waals surface area (Å²) in [5.74, 6) is 1.19. The predicted molar refractivity (Wildman–Crippen MR) is 89.1 cm³/mol. The van der Waals surface area contributed by atoms with E-state index >= 15 is 0 Å². The second kappa shape index (κ2) is 7.32. The van der Waals surface area contributed by atoms with Crippen molar-refractivity contribution in [1.82, 2.24) is 4.90 Å². The molecule has 19 heavy (non-hydrogen) atoms. The van der Waals surface area contributed by atoms with Crippen LogP contribution in [0.3, 0.4) is 0 Å². The number of halogens is 2. The molecule has 0 bridgehead atoms. The molecule has 0 saturated carbocycles. The van der Waals surface area contributed by atoms with Gasteiger partial charge in [-0.25, -0.2) is 0 Å². The molecule has 1 heterocycles. The summed E-state index contributed by atoms with van der Waals surface area (Å²) in [7, 11) is 0. The average molecular weight is 364 g/mol. The fraction of sp³-hybridized carbons (Fsp3) is 0.571. The van der Waals surface area contributed by atoms with E-state index in [1.165, 1.54) is 17.7 Å². The molecule has 1 aliphatic rings. The molecule has 0 amide bonds. The minimum atomic E-state index is 0.253. The topological polar surface area (TPSA) is 29.3 Å². The smallest absolute Gasteiger partial charge is 0.0482 e. The first-order valence-electron chi connectivity index (χ1n) is 6.66. The zero-order valence-electron chi connectivity index (χ0n) is 11.1. The van der Waals surface area contributed by atoms with Crippen LogP contribution >= 0.6 is 39.3 Å². The Balaban J connectivity index is 2.21. The largest absolute Gasteiger partial charge is 0.329 e. The summed E-state index contributed by atoms with van der Waals surface area (Å²) in [4.78, 5) is 2.50. The predicted octanol–water partition coefficient (Wildman–Crippen LogP) is 3.93. The summed E-state index contributed by atoms with van der Waals surface area (Å²) < 4.78 is 1.10. The van der Waals surface area contributed by atoms with Gasteiger partial charge in [0.25, 0.3) is 0 Å². The Morgan fingerprint density at radius 3 is 3.05 bits per heavy atom. The molecule has 1 fully saturated rings. The van der Waals surface area contributed by atoms with Crippen molar-refractivity contribution >= 4 is 39.3 Å². The molecule has 2 rings (SSSR count). The van der Waals surface area contributed by atoms with Crippen LogP contribution in [-0.2, 0) is 0 Å². The average Bonchev–Trinajstić information content (AvgIpc) is 2.44. The molecule has 1 aromatic carbocycles. The Morgan fingerprint density at radius 1 is 1.58 bits per heavy atom. The number of nitrogens with zero attached hydrogens (tertiary/aromatic N) is 1. The molecule has 0 aromatic heterocycles. The van der Waals surface area contributed by atoms with E-state index in [1.807, 2.05) is 18.2 Å². The van der Waals surface area contributed by atoms with Crippen molar-refractivity contribution in [3.05, 3.63) is 33.3 Å². The minimum absolute atomic E-state index is 0.253. The van der Waals surface area contributed by atoms with Crippen molar-refractivity contribution in [3.63, 3.8) is 0 Å². The highest BCUT2D eigenvalue weighted by atomic mass is 79.9. The number of hydrogen-bond acceptors (Lipinski definition) is 3. The fourth-order valence-corrected chi connectivity index (χ4v) is 4.41. The van der Waals surface area contributed by atoms with Crippen LogP contribution in [0.2, 0.25) is 5.02 Å². The molecule has 1 aliphatic heterocycles. The highest BCUT2D eigenvalue weighted by Crippen LogP contribution is 2.33. The first-order valence-corrected chi connectivity index (χ1v) is 8.88. The van der Waals surface area contributed by atoms with Gasteiger partial charge >= 0.3 is 0 Å². The molecule has 1 aromatic rings. The van der Waals surface area contributed by atoms with Gasteiger partial charge in [0.2, 0.25) is 0 Å². The maximum absolute atomic E-state index is 6.13. The van der Waals surface area contributed by atoms with Crippen LogP contribution in [0, 0.1) is 0 Å². The van der Waals surface area contributed by atoms with Gasteiger partial charge in [-0.15, -0.1) is 0 Å². The zero-order chi connectivity index (χ0) is 13.8. The molecule has 2 atom stereocenters. The Hall–Kier alpha value is 0.260. The molecule has 2 nitrogen and oxygen atoms in total. The van der Waals surface area contributed by atoms with Gasteiger partial charge in [0.15, 0.2) is 0 Å². The van der Waals surface area contributed by atoms with E-state index in [4.69, 9.17) is 17.3 Å². The monoisotopic (exact) mass is 362 g/mol. The SMILES string of the molecule is CCC1CN(C(CN)c2cc(Cl)ccc2Br)CCS1. The highest BCUT2D eigenvalue weighted by molar-refractivity contribution is 9.10. The molecule has 5 heteroatoms. The number of nitrogens with two attached hydrogens (primary N) is 1. The quantitative estimate of drug-likeness (QED) is 0.879. The van der Waals surface area contributed by atoms with Crippen molar-refractivity contribution in [3.8, 4) is 0 Å². The van der Waals surface area contributed by atoms with E-state index in [0.717, 1.165) is 27.8 Å². The summed E-state index contributed by atoms with van der Waals surface area (Å²) >= 11 is 11.8. The molecule has 106 valence electrons. The van der Waals surface area contributed by atoms with Crippen molar-refractivity contribution < 1.29 is 0 Å². The Labute approximate surface area is 133 Å². The van der Waals surface area contributed by atoms with E-state index in [-0.39, 0.29) is 6.04 Å². The van der Waals surface area contributed by atoms with Crippen molar-refractivity contribution in [2.24, 2.45) is 5.73 Å². The van der Waals surface area contributed by atoms with Gasteiger partial charge in [-0.3, -0.25) is 4.90 Å². The lowest BCUT2D eigenvalue weighted by Gasteiger charge is -2.38. The molecular weight excluding hydrogens is 344 g/mol. The number of thioether (sulfide) groups is 1. The molecule has 2 unspecified atom stereocenters. The summed E-state index contributed by atoms with van der Waals surface area (Å²) in [6, 6.07) is 6.20. The van der Waals surface area contributed by atoms with Crippen molar-refractivity contribution in [2.75, 3.05) is 25.4 Å². The van der Waals surface area contributed by atoms with Crippen LogP contribution in [0.4, 0.5) is 0 Å². The summed E-state index contributed by atoms with van der Waals surface area (Å²) in [6.07, 6.45) is 1.22. The third-order valence-electron chi connectivity index (χ3n) is 3.61. The van der Waals surface area contributed by atoms with Crippen LogP contribution in [-0.4, -0.2) is 35.5 Å². The highest BCUT2D eigenvalue weighted by Gasteiger charge is 2.26. The van der Waals surface area contributed by atoms with E-state index in [0.29, 0.717) is 6.54 Å². The minimum Gasteiger partial charge on any atom is -0.329 e. The normalized spacial score (nSPS) is 22.4. The summed E-state index contributed by atoms with van der Waals surface area (Å²) in [5.41, 5.74) is 7.23. The van der Waals surface area contributed by atoms with E-state index in [1.54, 1.807) is 0 Å². The van der Waals surface area contributed by atoms with Gasteiger partial charge in [0.05, 0.1) is 0 Å². The van der Waals surface area contributed by atoms with Gasteiger partial charge in [-0.2, -0.15) is 11.8 Å². The number of hydrogen-bond donors (Lipinski definition) is 1. The Bertz CT molecular complexity index is 430. The fourth-order valence-electron chi connectivity index (χ4n) is 2.51. The number of rotatable bonds is 4. The molecule has 0 aliphatic carbocycles. The van der Waals surface area contributed by atoms with Gasteiger partial charge in [0.1, 0.15) is 0 Å². The summed E-state index contributed by atoms with van der Waals surface area (Å²) in [6.45, 7) is 5.10. The van der Waals surface area contributed by atoms with Crippen LogP contribution in [0.15, 0.2) is 22.7 Å². The maximum Gasteiger partial charge on any atom is 0.0482 e. The Kier molecular flexibility index (Phi) is 6.03. The third kappa shape index (κ3) is 3.88. The molecule has 1 saturated heterocycles. The molecule has 0 spiro atoms. The van der Waals surface area contributed by atoms with Gasteiger partial charge in [0, 0.05) is 46.2 Å². The zero-order valence-corrected chi connectivity index (χ0v) is 14.3. The molecule has 2 N–H and O–H groups in total. The maximum atomic E-state index is 6.13. The van der Waals surface area contributed by atoms with Crippen molar-refractivity contribution in [2.45, 2.75) is 24.6 Å². The third-order valence-corrected chi connectivity index (χ3v) is 5.94. The van der Waals surface area contributed by atoms with Crippen LogP contribution < -0.4 is 5.73 Å². The van der Waals surface area contributed by atoms with E-state index in [2.05, 4.69) is 39.5 Å².